The summed E-state index contributed by atoms with van der Waals surface area (Å²) in [5.41, 5.74) is 0.713. The van der Waals surface area contributed by atoms with Gasteiger partial charge in [0.1, 0.15) is 16.6 Å². The molecule has 1 aromatic carbocycles. The summed E-state index contributed by atoms with van der Waals surface area (Å²) in [6, 6.07) is 3.43. The fourth-order valence-corrected chi connectivity index (χ4v) is 2.99. The van der Waals surface area contributed by atoms with Gasteiger partial charge in [-0.1, -0.05) is 0 Å². The second kappa shape index (κ2) is 5.95. The van der Waals surface area contributed by atoms with Crippen LogP contribution in [0.15, 0.2) is 23.6 Å². The van der Waals surface area contributed by atoms with Crippen molar-refractivity contribution in [2.75, 3.05) is 26.3 Å². The highest BCUT2D eigenvalue weighted by atomic mass is 32.1. The Hall–Kier alpha value is -1.37. The Balaban J connectivity index is 1.77. The smallest absolute Gasteiger partial charge is 0.132 e. The van der Waals surface area contributed by atoms with Crippen molar-refractivity contribution in [1.82, 2.24) is 9.88 Å². The predicted octanol–water partition coefficient (Wildman–Crippen LogP) is 2.92. The van der Waals surface area contributed by atoms with Crippen LogP contribution in [0.1, 0.15) is 5.01 Å². The van der Waals surface area contributed by atoms with Crippen molar-refractivity contribution >= 4 is 11.3 Å². The van der Waals surface area contributed by atoms with Crippen LogP contribution in [0, 0.1) is 11.6 Å². The van der Waals surface area contributed by atoms with Crippen molar-refractivity contribution in [3.8, 4) is 11.3 Å². The molecule has 106 valence electrons. The molecular weight excluding hydrogens is 282 g/mol. The SMILES string of the molecule is Fc1ccc(F)c(-c2csc(CN3CCOCC3)n2)c1. The molecule has 0 unspecified atom stereocenters. The molecule has 6 heteroatoms. The number of aromatic nitrogens is 1. The second-order valence-electron chi connectivity index (χ2n) is 4.64. The predicted molar refractivity (Wildman–Crippen MR) is 73.6 cm³/mol. The topological polar surface area (TPSA) is 25.4 Å². The van der Waals surface area contributed by atoms with Gasteiger partial charge in [-0.3, -0.25) is 4.90 Å². The van der Waals surface area contributed by atoms with Crippen molar-refractivity contribution in [3.05, 3.63) is 40.2 Å². The summed E-state index contributed by atoms with van der Waals surface area (Å²) in [4.78, 5) is 6.65. The van der Waals surface area contributed by atoms with E-state index < -0.39 is 11.6 Å². The van der Waals surface area contributed by atoms with Crippen LogP contribution in [0.5, 0.6) is 0 Å². The van der Waals surface area contributed by atoms with Gasteiger partial charge in [-0.05, 0) is 18.2 Å². The Morgan fingerprint density at radius 2 is 2.05 bits per heavy atom. The molecule has 1 aliphatic heterocycles. The van der Waals surface area contributed by atoms with E-state index in [9.17, 15) is 8.78 Å². The van der Waals surface area contributed by atoms with Crippen LogP contribution < -0.4 is 0 Å². The van der Waals surface area contributed by atoms with Gasteiger partial charge in [0.15, 0.2) is 0 Å². The monoisotopic (exact) mass is 296 g/mol. The number of halogens is 2. The Labute approximate surface area is 119 Å². The molecule has 20 heavy (non-hydrogen) atoms. The van der Waals surface area contributed by atoms with E-state index in [2.05, 4.69) is 9.88 Å². The van der Waals surface area contributed by atoms with Gasteiger partial charge < -0.3 is 4.74 Å². The first-order valence-electron chi connectivity index (χ1n) is 6.42. The number of hydrogen-bond acceptors (Lipinski definition) is 4. The van der Waals surface area contributed by atoms with E-state index >= 15 is 0 Å². The molecule has 0 radical (unpaired) electrons. The summed E-state index contributed by atoms with van der Waals surface area (Å²) < 4.78 is 32.2. The second-order valence-corrected chi connectivity index (χ2v) is 5.58. The van der Waals surface area contributed by atoms with Gasteiger partial charge >= 0.3 is 0 Å². The lowest BCUT2D eigenvalue weighted by molar-refractivity contribution is 0.0342. The number of rotatable bonds is 3. The molecule has 3 rings (SSSR count). The normalized spacial score (nSPS) is 16.5. The number of hydrogen-bond donors (Lipinski definition) is 0. The zero-order valence-electron chi connectivity index (χ0n) is 10.8. The first-order valence-corrected chi connectivity index (χ1v) is 7.30. The average Bonchev–Trinajstić information content (AvgIpc) is 2.91. The maximum Gasteiger partial charge on any atom is 0.132 e. The van der Waals surface area contributed by atoms with Crippen molar-refractivity contribution < 1.29 is 13.5 Å². The minimum atomic E-state index is -0.455. The van der Waals surface area contributed by atoms with Gasteiger partial charge in [-0.15, -0.1) is 11.3 Å². The fraction of sp³-hybridized carbons (Fsp3) is 0.357. The summed E-state index contributed by atoms with van der Waals surface area (Å²) in [5.74, 6) is -0.904. The quantitative estimate of drug-likeness (QED) is 0.871. The molecule has 1 aromatic heterocycles. The standard InChI is InChI=1S/C14H14F2N2OS/c15-10-1-2-12(16)11(7-10)13-9-20-14(17-13)8-18-3-5-19-6-4-18/h1-2,7,9H,3-6,8H2. The summed E-state index contributed by atoms with van der Waals surface area (Å²) in [7, 11) is 0. The van der Waals surface area contributed by atoms with Crippen LogP contribution in [0.2, 0.25) is 0 Å². The number of nitrogens with zero attached hydrogens (tertiary/aromatic N) is 2. The number of morpholine rings is 1. The first-order chi connectivity index (χ1) is 9.72. The highest BCUT2D eigenvalue weighted by Gasteiger charge is 2.15. The lowest BCUT2D eigenvalue weighted by Gasteiger charge is -2.25. The van der Waals surface area contributed by atoms with Gasteiger partial charge in [0.2, 0.25) is 0 Å². The Morgan fingerprint density at radius 1 is 1.25 bits per heavy atom. The summed E-state index contributed by atoms with van der Waals surface area (Å²) >= 11 is 1.47. The summed E-state index contributed by atoms with van der Waals surface area (Å²) in [6.45, 7) is 3.95. The first kappa shape index (κ1) is 13.6. The van der Waals surface area contributed by atoms with E-state index in [-0.39, 0.29) is 5.56 Å². The zero-order valence-corrected chi connectivity index (χ0v) is 11.6. The molecule has 3 nitrogen and oxygen atoms in total. The number of thiazole rings is 1. The van der Waals surface area contributed by atoms with Gasteiger partial charge in [-0.2, -0.15) is 0 Å². The maximum atomic E-state index is 13.7. The van der Waals surface area contributed by atoms with E-state index in [1.807, 2.05) is 0 Å². The Bertz CT molecular complexity index is 597. The van der Waals surface area contributed by atoms with Crippen LogP contribution in [0.3, 0.4) is 0 Å². The minimum Gasteiger partial charge on any atom is -0.379 e. The zero-order chi connectivity index (χ0) is 13.9. The minimum absolute atomic E-state index is 0.217. The number of benzene rings is 1. The highest BCUT2D eigenvalue weighted by Crippen LogP contribution is 2.26. The largest absolute Gasteiger partial charge is 0.379 e. The fourth-order valence-electron chi connectivity index (χ4n) is 2.15. The van der Waals surface area contributed by atoms with E-state index in [0.29, 0.717) is 5.69 Å². The van der Waals surface area contributed by atoms with Crippen LogP contribution in [-0.2, 0) is 11.3 Å². The van der Waals surface area contributed by atoms with Crippen molar-refractivity contribution in [2.24, 2.45) is 0 Å². The third kappa shape index (κ3) is 3.03. The molecule has 1 saturated heterocycles. The van der Waals surface area contributed by atoms with E-state index in [1.54, 1.807) is 5.38 Å². The van der Waals surface area contributed by atoms with Gasteiger partial charge in [0, 0.05) is 24.0 Å². The van der Waals surface area contributed by atoms with Gasteiger partial charge in [0.05, 0.1) is 25.5 Å². The average molecular weight is 296 g/mol. The molecular formula is C14H14F2N2OS. The van der Waals surface area contributed by atoms with Crippen LogP contribution in [0.4, 0.5) is 8.78 Å². The summed E-state index contributed by atoms with van der Waals surface area (Å²) in [6.07, 6.45) is 0. The molecule has 1 fully saturated rings. The molecule has 0 N–H and O–H groups in total. The van der Waals surface area contributed by atoms with Crippen molar-refractivity contribution in [3.63, 3.8) is 0 Å². The van der Waals surface area contributed by atoms with Gasteiger partial charge in [0.25, 0.3) is 0 Å². The lowest BCUT2D eigenvalue weighted by atomic mass is 10.1. The van der Waals surface area contributed by atoms with Crippen molar-refractivity contribution in [1.29, 1.82) is 0 Å². The van der Waals surface area contributed by atoms with E-state index in [1.165, 1.54) is 17.4 Å². The Kier molecular flexibility index (Phi) is 4.05. The molecule has 1 aliphatic rings. The molecule has 0 spiro atoms. The van der Waals surface area contributed by atoms with Crippen LogP contribution in [0.25, 0.3) is 11.3 Å². The molecule has 0 bridgehead atoms. The van der Waals surface area contributed by atoms with E-state index in [4.69, 9.17) is 4.74 Å². The van der Waals surface area contributed by atoms with E-state index in [0.717, 1.165) is 50.0 Å². The van der Waals surface area contributed by atoms with Crippen molar-refractivity contribution in [2.45, 2.75) is 6.54 Å². The third-order valence-corrected chi connectivity index (χ3v) is 4.05. The highest BCUT2D eigenvalue weighted by molar-refractivity contribution is 7.09. The van der Waals surface area contributed by atoms with Crippen LogP contribution in [-0.4, -0.2) is 36.2 Å². The maximum absolute atomic E-state index is 13.7. The lowest BCUT2D eigenvalue weighted by Crippen LogP contribution is -2.35. The molecule has 2 heterocycles. The molecule has 0 aliphatic carbocycles. The number of ether oxygens (including phenoxy) is 1. The Morgan fingerprint density at radius 3 is 2.85 bits per heavy atom. The summed E-state index contributed by atoms with van der Waals surface area (Å²) in [5, 5.41) is 2.68. The molecule has 2 aromatic rings. The third-order valence-electron chi connectivity index (χ3n) is 3.22. The molecule has 0 atom stereocenters. The van der Waals surface area contributed by atoms with Gasteiger partial charge in [-0.25, -0.2) is 13.8 Å². The van der Waals surface area contributed by atoms with Crippen LogP contribution >= 0.6 is 11.3 Å². The molecule has 0 saturated carbocycles. The molecule has 0 amide bonds.